The zero-order chi connectivity index (χ0) is 13.9. The van der Waals surface area contributed by atoms with Crippen LogP contribution in [0, 0.1) is 5.41 Å². The van der Waals surface area contributed by atoms with Crippen LogP contribution in [0.1, 0.15) is 51.9 Å². The van der Waals surface area contributed by atoms with Crippen molar-refractivity contribution in [3.8, 4) is 0 Å². The minimum atomic E-state index is -1.18. The normalized spacial score (nSPS) is 27.8. The fourth-order valence-corrected chi connectivity index (χ4v) is 2.71. The molecular formula is C14H19N2O3-. The van der Waals surface area contributed by atoms with Crippen molar-refractivity contribution in [3.05, 3.63) is 11.6 Å². The molecule has 1 heterocycles. The third-order valence-electron chi connectivity index (χ3n) is 4.11. The summed E-state index contributed by atoms with van der Waals surface area (Å²) in [7, 11) is 0. The number of amides is 3. The lowest BCUT2D eigenvalue weighted by molar-refractivity contribution is -0.231. The van der Waals surface area contributed by atoms with Crippen LogP contribution in [0.2, 0.25) is 0 Å². The summed E-state index contributed by atoms with van der Waals surface area (Å²) in [6, 6.07) is -0.843. The Morgan fingerprint density at radius 3 is 2.58 bits per heavy atom. The number of imide groups is 1. The number of carbonyl (C=O) groups is 2. The third kappa shape index (κ3) is 2.69. The van der Waals surface area contributed by atoms with Crippen LogP contribution >= 0.6 is 0 Å². The quantitative estimate of drug-likeness (QED) is 0.786. The smallest absolute Gasteiger partial charge is 0.346 e. The number of hydrogen-bond acceptors (Lipinski definition) is 3. The fourth-order valence-electron chi connectivity index (χ4n) is 2.71. The van der Waals surface area contributed by atoms with E-state index in [4.69, 9.17) is 0 Å². The summed E-state index contributed by atoms with van der Waals surface area (Å²) in [5.41, 5.74) is 0.134. The van der Waals surface area contributed by atoms with Crippen LogP contribution in [-0.2, 0) is 4.79 Å². The summed E-state index contributed by atoms with van der Waals surface area (Å²) in [5.74, 6) is -1.11. The maximum atomic E-state index is 12.0. The number of allylic oxidation sites excluding steroid dienone is 2. The maximum absolute atomic E-state index is 12.0. The number of nitrogens with one attached hydrogen (secondary N) is 1. The van der Waals surface area contributed by atoms with Gasteiger partial charge in [0, 0.05) is 0 Å². The van der Waals surface area contributed by atoms with Gasteiger partial charge in [0.05, 0.1) is 5.41 Å². The number of aliphatic imine (C=N–C) groups is 1. The third-order valence-corrected chi connectivity index (χ3v) is 4.11. The van der Waals surface area contributed by atoms with Gasteiger partial charge in [-0.05, 0) is 44.4 Å². The Kier molecular flexibility index (Phi) is 4.02. The highest BCUT2D eigenvalue weighted by Gasteiger charge is 2.40. The fraction of sp³-hybridized carbons (Fsp3) is 0.643. The molecule has 104 valence electrons. The summed E-state index contributed by atoms with van der Waals surface area (Å²) in [4.78, 5) is 26.4. The molecule has 0 aromatic carbocycles. The van der Waals surface area contributed by atoms with E-state index >= 15 is 0 Å². The Hall–Kier alpha value is -1.65. The SMILES string of the molecule is CCC1(CC=C2CCCCC2)C(=O)NC(=O)N=C1[O-]. The van der Waals surface area contributed by atoms with Gasteiger partial charge in [-0.15, -0.1) is 0 Å². The molecule has 1 aliphatic heterocycles. The van der Waals surface area contributed by atoms with Crippen LogP contribution in [0.3, 0.4) is 0 Å². The van der Waals surface area contributed by atoms with Gasteiger partial charge < -0.3 is 5.11 Å². The molecule has 0 saturated heterocycles. The number of urea groups is 1. The minimum Gasteiger partial charge on any atom is -0.861 e. The molecule has 1 fully saturated rings. The van der Waals surface area contributed by atoms with Crippen LogP contribution in [0.25, 0.3) is 0 Å². The zero-order valence-electron chi connectivity index (χ0n) is 11.2. The van der Waals surface area contributed by atoms with E-state index in [1.807, 2.05) is 6.08 Å². The second-order valence-electron chi connectivity index (χ2n) is 5.24. The van der Waals surface area contributed by atoms with E-state index in [1.54, 1.807) is 6.92 Å². The van der Waals surface area contributed by atoms with E-state index < -0.39 is 23.3 Å². The highest BCUT2D eigenvalue weighted by Crippen LogP contribution is 2.32. The van der Waals surface area contributed by atoms with Crippen molar-refractivity contribution in [2.24, 2.45) is 10.4 Å². The van der Waals surface area contributed by atoms with Gasteiger partial charge in [-0.2, -0.15) is 0 Å². The zero-order valence-corrected chi connectivity index (χ0v) is 11.2. The molecule has 1 saturated carbocycles. The van der Waals surface area contributed by atoms with Crippen LogP contribution < -0.4 is 10.4 Å². The Balaban J connectivity index is 2.20. The van der Waals surface area contributed by atoms with Crippen LogP contribution in [0.5, 0.6) is 0 Å². The highest BCUT2D eigenvalue weighted by atomic mass is 16.3. The summed E-state index contributed by atoms with van der Waals surface area (Å²) >= 11 is 0. The molecule has 5 heteroatoms. The average molecular weight is 263 g/mol. The Morgan fingerprint density at radius 2 is 2.00 bits per heavy atom. The van der Waals surface area contributed by atoms with Crippen molar-refractivity contribution in [1.82, 2.24) is 5.32 Å². The molecule has 19 heavy (non-hydrogen) atoms. The topological polar surface area (TPSA) is 81.6 Å². The lowest BCUT2D eigenvalue weighted by Crippen LogP contribution is -2.56. The number of hydrogen-bond donors (Lipinski definition) is 1. The first kappa shape index (κ1) is 13.8. The van der Waals surface area contributed by atoms with E-state index in [2.05, 4.69) is 10.3 Å². The molecule has 2 rings (SSSR count). The molecule has 1 unspecified atom stereocenters. The first-order valence-electron chi connectivity index (χ1n) is 6.88. The van der Waals surface area contributed by atoms with Crippen molar-refractivity contribution >= 4 is 17.8 Å². The second kappa shape index (κ2) is 5.55. The first-order chi connectivity index (χ1) is 9.08. The van der Waals surface area contributed by atoms with Crippen molar-refractivity contribution in [3.63, 3.8) is 0 Å². The van der Waals surface area contributed by atoms with Gasteiger partial charge in [-0.1, -0.05) is 25.0 Å². The summed E-state index contributed by atoms with van der Waals surface area (Å²) < 4.78 is 0. The average Bonchev–Trinajstić information content (AvgIpc) is 2.39. The molecule has 5 nitrogen and oxygen atoms in total. The monoisotopic (exact) mass is 263 g/mol. The van der Waals surface area contributed by atoms with Gasteiger partial charge in [-0.25, -0.2) is 9.79 Å². The van der Waals surface area contributed by atoms with Crippen molar-refractivity contribution in [2.75, 3.05) is 0 Å². The largest absolute Gasteiger partial charge is 0.861 e. The molecular weight excluding hydrogens is 244 g/mol. The van der Waals surface area contributed by atoms with Gasteiger partial charge in [0.25, 0.3) is 0 Å². The standard InChI is InChI=1S/C14H20N2O3/c1-2-14(9-8-10-6-4-3-5-7-10)11(17)15-13(19)16-12(14)18/h8H,2-7,9H2,1H3,(H2,15,16,17,18,19)/p-1. The molecule has 1 N–H and O–H groups in total. The van der Waals surface area contributed by atoms with Crippen LogP contribution in [0.15, 0.2) is 16.6 Å². The molecule has 0 aromatic rings. The molecule has 0 bridgehead atoms. The Morgan fingerprint density at radius 1 is 1.32 bits per heavy atom. The maximum Gasteiger partial charge on any atom is 0.346 e. The molecule has 1 atom stereocenters. The molecule has 0 aromatic heterocycles. The lowest BCUT2D eigenvalue weighted by Gasteiger charge is -2.37. The van der Waals surface area contributed by atoms with Crippen molar-refractivity contribution in [1.29, 1.82) is 0 Å². The predicted octanol–water partition coefficient (Wildman–Crippen LogP) is 1.67. The number of nitrogens with zero attached hydrogens (tertiary/aromatic N) is 1. The van der Waals surface area contributed by atoms with Crippen molar-refractivity contribution in [2.45, 2.75) is 51.9 Å². The Bertz CT molecular complexity index is 446. The first-order valence-corrected chi connectivity index (χ1v) is 6.88. The molecule has 1 aliphatic carbocycles. The second-order valence-corrected chi connectivity index (χ2v) is 5.24. The van der Waals surface area contributed by atoms with E-state index in [9.17, 15) is 14.7 Å². The Labute approximate surface area is 112 Å². The number of carbonyl (C=O) groups excluding carboxylic acids is 2. The summed E-state index contributed by atoms with van der Waals surface area (Å²) in [5, 5.41) is 14.1. The van der Waals surface area contributed by atoms with E-state index in [1.165, 1.54) is 24.8 Å². The molecule has 0 radical (unpaired) electrons. The van der Waals surface area contributed by atoms with Gasteiger partial charge in [0.15, 0.2) is 0 Å². The molecule has 3 amide bonds. The lowest BCUT2D eigenvalue weighted by atomic mass is 9.78. The van der Waals surface area contributed by atoms with Gasteiger partial charge in [-0.3, -0.25) is 10.1 Å². The van der Waals surface area contributed by atoms with Crippen LogP contribution in [-0.4, -0.2) is 17.8 Å². The van der Waals surface area contributed by atoms with E-state index in [0.29, 0.717) is 12.8 Å². The molecule has 0 spiro atoms. The summed E-state index contributed by atoms with van der Waals surface area (Å²) in [6.07, 6.45) is 8.41. The van der Waals surface area contributed by atoms with Crippen molar-refractivity contribution < 1.29 is 14.7 Å². The summed E-state index contributed by atoms with van der Waals surface area (Å²) in [6.45, 7) is 1.78. The predicted molar refractivity (Wildman–Crippen MR) is 69.5 cm³/mol. The van der Waals surface area contributed by atoms with Gasteiger partial charge in [0.2, 0.25) is 5.91 Å². The minimum absolute atomic E-state index is 0.347. The van der Waals surface area contributed by atoms with E-state index in [0.717, 1.165) is 12.8 Å². The van der Waals surface area contributed by atoms with Crippen LogP contribution in [0.4, 0.5) is 4.79 Å². The highest BCUT2D eigenvalue weighted by molar-refractivity contribution is 6.15. The van der Waals surface area contributed by atoms with Gasteiger partial charge >= 0.3 is 6.03 Å². The van der Waals surface area contributed by atoms with E-state index in [-0.39, 0.29) is 0 Å². The number of rotatable bonds is 3. The van der Waals surface area contributed by atoms with Gasteiger partial charge in [0.1, 0.15) is 0 Å². The molecule has 2 aliphatic rings.